The largest absolute Gasteiger partial charge is 0.378 e. The number of rotatable bonds is 4. The van der Waals surface area contributed by atoms with Gasteiger partial charge in [0, 0.05) is 18.8 Å². The summed E-state index contributed by atoms with van der Waals surface area (Å²) in [5.74, 6) is 1.36. The first kappa shape index (κ1) is 19.5. The van der Waals surface area contributed by atoms with Crippen LogP contribution in [0.3, 0.4) is 0 Å². The summed E-state index contributed by atoms with van der Waals surface area (Å²) in [4.78, 5) is 11.3. The Balaban J connectivity index is 0.00000225. The van der Waals surface area contributed by atoms with E-state index in [1.165, 1.54) is 5.56 Å². The average Bonchev–Trinajstić information content (AvgIpc) is 2.61. The molecule has 7 heteroatoms. The van der Waals surface area contributed by atoms with Crippen LogP contribution in [0.5, 0.6) is 0 Å². The van der Waals surface area contributed by atoms with E-state index in [4.69, 9.17) is 10.5 Å². The van der Waals surface area contributed by atoms with E-state index >= 15 is 0 Å². The quantitative estimate of drug-likeness (QED) is 0.423. The molecule has 1 aromatic heterocycles. The number of nitrogens with two attached hydrogens (primary N) is 1. The lowest BCUT2D eigenvalue weighted by Crippen LogP contribution is -2.36. The van der Waals surface area contributed by atoms with Crippen molar-refractivity contribution in [1.29, 1.82) is 0 Å². The van der Waals surface area contributed by atoms with Crippen LogP contribution in [-0.4, -0.2) is 37.2 Å². The molecular weight excluding hydrogens is 429 g/mol. The molecule has 1 fully saturated rings. The van der Waals surface area contributed by atoms with Crippen molar-refractivity contribution in [2.45, 2.75) is 13.5 Å². The summed E-state index contributed by atoms with van der Waals surface area (Å²) in [5.41, 5.74) is 8.98. The Kier molecular flexibility index (Phi) is 7.45. The van der Waals surface area contributed by atoms with Crippen LogP contribution >= 0.6 is 24.0 Å². The molecule has 0 unspecified atom stereocenters. The molecule has 1 aromatic carbocycles. The summed E-state index contributed by atoms with van der Waals surface area (Å²) in [6, 6.07) is 14.0. The van der Waals surface area contributed by atoms with Crippen molar-refractivity contribution in [1.82, 2.24) is 4.98 Å². The molecule has 2 aromatic rings. The minimum absolute atomic E-state index is 0. The maximum atomic E-state index is 5.97. The SMILES string of the molecule is Cc1cccc(NC(N)=NCc2cccc(N3CCOCC3)n2)c1.I. The van der Waals surface area contributed by atoms with E-state index in [1.807, 2.05) is 49.4 Å². The fraction of sp³-hybridized carbons (Fsp3) is 0.333. The Morgan fingerprint density at radius 2 is 2.00 bits per heavy atom. The van der Waals surface area contributed by atoms with Gasteiger partial charge in [-0.25, -0.2) is 9.98 Å². The van der Waals surface area contributed by atoms with Crippen molar-refractivity contribution in [2.75, 3.05) is 36.5 Å². The number of hydrogen-bond acceptors (Lipinski definition) is 4. The van der Waals surface area contributed by atoms with Gasteiger partial charge in [0.2, 0.25) is 0 Å². The molecule has 0 radical (unpaired) electrons. The first-order valence-electron chi connectivity index (χ1n) is 8.13. The molecule has 1 saturated heterocycles. The number of aromatic nitrogens is 1. The molecule has 2 heterocycles. The number of benzene rings is 1. The van der Waals surface area contributed by atoms with Gasteiger partial charge < -0.3 is 20.7 Å². The Morgan fingerprint density at radius 1 is 1.24 bits per heavy atom. The number of morpholine rings is 1. The van der Waals surface area contributed by atoms with Crippen LogP contribution in [0.2, 0.25) is 0 Å². The lowest BCUT2D eigenvalue weighted by Gasteiger charge is -2.27. The highest BCUT2D eigenvalue weighted by molar-refractivity contribution is 14.0. The molecule has 3 N–H and O–H groups in total. The van der Waals surface area contributed by atoms with Gasteiger partial charge in [-0.15, -0.1) is 24.0 Å². The summed E-state index contributed by atoms with van der Waals surface area (Å²) >= 11 is 0. The van der Waals surface area contributed by atoms with Crippen molar-refractivity contribution >= 4 is 41.4 Å². The van der Waals surface area contributed by atoms with Gasteiger partial charge in [0.1, 0.15) is 5.82 Å². The van der Waals surface area contributed by atoms with E-state index in [0.29, 0.717) is 12.5 Å². The van der Waals surface area contributed by atoms with Crippen LogP contribution in [-0.2, 0) is 11.3 Å². The Bertz CT molecular complexity index is 716. The van der Waals surface area contributed by atoms with E-state index in [9.17, 15) is 0 Å². The molecule has 0 amide bonds. The van der Waals surface area contributed by atoms with E-state index in [0.717, 1.165) is 43.5 Å². The molecule has 3 rings (SSSR count). The Morgan fingerprint density at radius 3 is 2.76 bits per heavy atom. The third-order valence-corrected chi connectivity index (χ3v) is 3.83. The van der Waals surface area contributed by atoms with Gasteiger partial charge in [-0.1, -0.05) is 18.2 Å². The monoisotopic (exact) mass is 453 g/mol. The average molecular weight is 453 g/mol. The number of aryl methyl sites for hydroxylation is 1. The smallest absolute Gasteiger partial charge is 0.193 e. The van der Waals surface area contributed by atoms with Crippen LogP contribution in [0, 0.1) is 6.92 Å². The Labute approximate surface area is 165 Å². The minimum atomic E-state index is 0. The predicted molar refractivity (Wildman–Crippen MR) is 113 cm³/mol. The number of aliphatic imine (C=N–C) groups is 1. The standard InChI is InChI=1S/C18H23N5O.HI/c1-14-4-2-5-15(12-14)22-18(19)20-13-16-6-3-7-17(21-16)23-8-10-24-11-9-23;/h2-7,12H,8-11,13H2,1H3,(H3,19,20,22);1H. The van der Waals surface area contributed by atoms with Crippen LogP contribution in [0.15, 0.2) is 47.5 Å². The maximum absolute atomic E-state index is 5.97. The van der Waals surface area contributed by atoms with Crippen LogP contribution < -0.4 is 16.0 Å². The van der Waals surface area contributed by atoms with Gasteiger partial charge in [-0.3, -0.25) is 0 Å². The zero-order valence-corrected chi connectivity index (χ0v) is 16.6. The van der Waals surface area contributed by atoms with Gasteiger partial charge in [-0.2, -0.15) is 0 Å². The molecular formula is C18H24IN5O. The fourth-order valence-corrected chi connectivity index (χ4v) is 2.60. The number of nitrogens with one attached hydrogen (secondary N) is 1. The summed E-state index contributed by atoms with van der Waals surface area (Å²) in [6.45, 7) is 5.73. The van der Waals surface area contributed by atoms with Crippen LogP contribution in [0.25, 0.3) is 0 Å². The lowest BCUT2D eigenvalue weighted by molar-refractivity contribution is 0.122. The third kappa shape index (κ3) is 5.86. The number of halogens is 1. The minimum Gasteiger partial charge on any atom is -0.378 e. The summed E-state index contributed by atoms with van der Waals surface area (Å²) in [5, 5.41) is 3.10. The van der Waals surface area contributed by atoms with Gasteiger partial charge >= 0.3 is 0 Å². The summed E-state index contributed by atoms with van der Waals surface area (Å²) in [7, 11) is 0. The topological polar surface area (TPSA) is 75.8 Å². The second-order valence-electron chi connectivity index (χ2n) is 5.78. The predicted octanol–water partition coefficient (Wildman–Crippen LogP) is 2.77. The normalized spacial score (nSPS) is 14.8. The zero-order chi connectivity index (χ0) is 16.8. The molecule has 1 aliphatic rings. The zero-order valence-electron chi connectivity index (χ0n) is 14.3. The van der Waals surface area contributed by atoms with Crippen molar-refractivity contribution in [2.24, 2.45) is 10.7 Å². The summed E-state index contributed by atoms with van der Waals surface area (Å²) in [6.07, 6.45) is 0. The van der Waals surface area contributed by atoms with Gasteiger partial charge in [0.25, 0.3) is 0 Å². The molecule has 134 valence electrons. The highest BCUT2D eigenvalue weighted by Gasteiger charge is 2.12. The van der Waals surface area contributed by atoms with Gasteiger partial charge in [-0.05, 0) is 36.8 Å². The van der Waals surface area contributed by atoms with E-state index in [2.05, 4.69) is 20.2 Å². The molecule has 25 heavy (non-hydrogen) atoms. The second-order valence-corrected chi connectivity index (χ2v) is 5.78. The third-order valence-electron chi connectivity index (χ3n) is 3.83. The number of pyridine rings is 1. The van der Waals surface area contributed by atoms with Crippen molar-refractivity contribution in [3.8, 4) is 0 Å². The molecule has 0 spiro atoms. The highest BCUT2D eigenvalue weighted by Crippen LogP contribution is 2.14. The molecule has 0 aliphatic carbocycles. The van der Waals surface area contributed by atoms with Gasteiger partial charge in [0.15, 0.2) is 5.96 Å². The van der Waals surface area contributed by atoms with E-state index < -0.39 is 0 Å². The lowest BCUT2D eigenvalue weighted by atomic mass is 10.2. The van der Waals surface area contributed by atoms with E-state index in [1.54, 1.807) is 0 Å². The van der Waals surface area contributed by atoms with Gasteiger partial charge in [0.05, 0.1) is 25.5 Å². The van der Waals surface area contributed by atoms with Crippen LogP contribution in [0.4, 0.5) is 11.5 Å². The number of anilines is 2. The Hall–Kier alpha value is -1.87. The van der Waals surface area contributed by atoms with Crippen molar-refractivity contribution in [3.63, 3.8) is 0 Å². The first-order chi connectivity index (χ1) is 11.7. The maximum Gasteiger partial charge on any atom is 0.193 e. The highest BCUT2D eigenvalue weighted by atomic mass is 127. The second kappa shape index (κ2) is 9.57. The fourth-order valence-electron chi connectivity index (χ4n) is 2.60. The van der Waals surface area contributed by atoms with E-state index in [-0.39, 0.29) is 24.0 Å². The van der Waals surface area contributed by atoms with Crippen molar-refractivity contribution in [3.05, 3.63) is 53.7 Å². The molecule has 0 bridgehead atoms. The molecule has 0 atom stereocenters. The number of hydrogen-bond donors (Lipinski definition) is 2. The van der Waals surface area contributed by atoms with Crippen LogP contribution in [0.1, 0.15) is 11.3 Å². The molecule has 6 nitrogen and oxygen atoms in total. The number of nitrogens with zero attached hydrogens (tertiary/aromatic N) is 3. The number of ether oxygens (including phenoxy) is 1. The molecule has 1 aliphatic heterocycles. The first-order valence-corrected chi connectivity index (χ1v) is 8.13. The number of guanidine groups is 1. The molecule has 0 saturated carbocycles. The van der Waals surface area contributed by atoms with Crippen molar-refractivity contribution < 1.29 is 4.74 Å². The summed E-state index contributed by atoms with van der Waals surface area (Å²) < 4.78 is 5.38.